The minimum absolute atomic E-state index is 0.0783. The number of hydrogen-bond donors (Lipinski definition) is 2. The molecule has 0 aromatic heterocycles. The molecule has 7 heteroatoms. The molecule has 24 heavy (non-hydrogen) atoms. The highest BCUT2D eigenvalue weighted by Crippen LogP contribution is 2.34. The van der Waals surface area contributed by atoms with Gasteiger partial charge in [-0.3, -0.25) is 4.79 Å². The van der Waals surface area contributed by atoms with Gasteiger partial charge in [0.25, 0.3) is 0 Å². The van der Waals surface area contributed by atoms with E-state index in [0.29, 0.717) is 23.5 Å². The average molecular weight is 336 g/mol. The van der Waals surface area contributed by atoms with E-state index in [1.165, 1.54) is 39.5 Å². The Labute approximate surface area is 140 Å². The second kappa shape index (κ2) is 9.14. The summed E-state index contributed by atoms with van der Waals surface area (Å²) in [6.45, 7) is 0. The van der Waals surface area contributed by atoms with Gasteiger partial charge in [-0.15, -0.1) is 0 Å². The van der Waals surface area contributed by atoms with E-state index in [-0.39, 0.29) is 22.8 Å². The van der Waals surface area contributed by atoms with Gasteiger partial charge in [-0.1, -0.05) is 0 Å². The lowest BCUT2D eigenvalue weighted by Gasteiger charge is -2.09. The summed E-state index contributed by atoms with van der Waals surface area (Å²) in [5.74, 6) is 1.59. The summed E-state index contributed by atoms with van der Waals surface area (Å²) in [7, 11) is 5.86. The molecule has 0 aliphatic heterocycles. The lowest BCUT2D eigenvalue weighted by atomic mass is 10.2. The number of carbonyl (C=O) groups excluding carboxylic acids is 1. The minimum atomic E-state index is -0.0783. The van der Waals surface area contributed by atoms with Crippen LogP contribution in [0.1, 0.15) is 10.4 Å². The van der Waals surface area contributed by atoms with Crippen molar-refractivity contribution in [3.8, 4) is 34.5 Å². The van der Waals surface area contributed by atoms with Crippen LogP contribution in [-0.4, -0.2) is 44.9 Å². The van der Waals surface area contributed by atoms with E-state index in [0.717, 1.165) is 0 Å². The molecular weight excluding hydrogens is 316 g/mol. The molecular formula is C17H20O7. The van der Waals surface area contributed by atoms with E-state index < -0.39 is 0 Å². The number of benzene rings is 2. The van der Waals surface area contributed by atoms with Gasteiger partial charge in [0, 0.05) is 6.07 Å². The number of ether oxygens (including phenoxy) is 4. The van der Waals surface area contributed by atoms with Gasteiger partial charge in [-0.25, -0.2) is 0 Å². The Hall–Kier alpha value is -3.09. The third kappa shape index (κ3) is 4.45. The van der Waals surface area contributed by atoms with Crippen LogP contribution >= 0.6 is 0 Å². The number of aromatic hydroxyl groups is 2. The fraction of sp³-hybridized carbons (Fsp3) is 0.235. The summed E-state index contributed by atoms with van der Waals surface area (Å²) < 4.78 is 19.5. The zero-order chi connectivity index (χ0) is 18.1. The highest BCUT2D eigenvalue weighted by atomic mass is 16.5. The summed E-state index contributed by atoms with van der Waals surface area (Å²) >= 11 is 0. The molecule has 0 aliphatic carbocycles. The lowest BCUT2D eigenvalue weighted by Crippen LogP contribution is -1.95. The fourth-order valence-corrected chi connectivity index (χ4v) is 1.87. The molecule has 0 unspecified atom stereocenters. The summed E-state index contributed by atoms with van der Waals surface area (Å²) in [6.07, 6.45) is 0.581. The summed E-state index contributed by atoms with van der Waals surface area (Å²) in [6, 6.07) is 7.78. The van der Waals surface area contributed by atoms with E-state index in [2.05, 4.69) is 0 Å². The van der Waals surface area contributed by atoms with Crippen LogP contribution in [0.5, 0.6) is 34.5 Å². The van der Waals surface area contributed by atoms with Gasteiger partial charge < -0.3 is 29.2 Å². The lowest BCUT2D eigenvalue weighted by molar-refractivity contribution is 0.111. The number of phenolic OH excluding ortho intramolecular Hbond substituents is 2. The maximum Gasteiger partial charge on any atom is 0.174 e. The van der Waals surface area contributed by atoms with Gasteiger partial charge >= 0.3 is 0 Å². The third-order valence-corrected chi connectivity index (χ3v) is 3.06. The second-order valence-corrected chi connectivity index (χ2v) is 4.39. The molecule has 2 aromatic carbocycles. The molecule has 0 atom stereocenters. The molecule has 0 amide bonds. The molecule has 0 saturated heterocycles. The SMILES string of the molecule is COc1ccc(O)c(OC)c1C=O.COc1ccc(OC)c(O)c1. The standard InChI is InChI=1S/C9H10O4.C8H10O3/c1-12-8-4-3-7(11)9(13-2)6(8)5-10;1-10-6-3-4-8(11-2)7(9)5-6/h3-5,11H,1-2H3;3-5,9H,1-2H3. The van der Waals surface area contributed by atoms with E-state index in [4.69, 9.17) is 18.9 Å². The van der Waals surface area contributed by atoms with Crippen molar-refractivity contribution in [1.82, 2.24) is 0 Å². The molecule has 2 aromatic rings. The van der Waals surface area contributed by atoms with Gasteiger partial charge in [-0.2, -0.15) is 0 Å². The molecule has 0 radical (unpaired) electrons. The van der Waals surface area contributed by atoms with Crippen molar-refractivity contribution in [3.63, 3.8) is 0 Å². The van der Waals surface area contributed by atoms with Crippen LogP contribution in [-0.2, 0) is 0 Å². The first kappa shape index (κ1) is 19.0. The van der Waals surface area contributed by atoms with Crippen LogP contribution < -0.4 is 18.9 Å². The highest BCUT2D eigenvalue weighted by Gasteiger charge is 2.13. The van der Waals surface area contributed by atoms with Crippen LogP contribution in [0, 0.1) is 0 Å². The quantitative estimate of drug-likeness (QED) is 0.811. The Kier molecular flexibility index (Phi) is 7.22. The van der Waals surface area contributed by atoms with Crippen molar-refractivity contribution < 1.29 is 34.0 Å². The molecule has 0 saturated carbocycles. The summed E-state index contributed by atoms with van der Waals surface area (Å²) in [4.78, 5) is 10.6. The minimum Gasteiger partial charge on any atom is -0.504 e. The average Bonchev–Trinajstić information content (AvgIpc) is 2.61. The normalized spacial score (nSPS) is 9.33. The van der Waals surface area contributed by atoms with Crippen LogP contribution in [0.15, 0.2) is 30.3 Å². The van der Waals surface area contributed by atoms with E-state index in [1.54, 1.807) is 19.2 Å². The Balaban J connectivity index is 0.000000243. The molecule has 0 bridgehead atoms. The second-order valence-electron chi connectivity index (χ2n) is 4.39. The Morgan fingerprint density at radius 2 is 1.42 bits per heavy atom. The monoisotopic (exact) mass is 336 g/mol. The first-order valence-corrected chi connectivity index (χ1v) is 6.82. The Morgan fingerprint density at radius 1 is 0.792 bits per heavy atom. The Bertz CT molecular complexity index is 683. The van der Waals surface area contributed by atoms with E-state index >= 15 is 0 Å². The molecule has 130 valence electrons. The molecule has 0 aliphatic rings. The van der Waals surface area contributed by atoms with Crippen molar-refractivity contribution >= 4 is 6.29 Å². The van der Waals surface area contributed by atoms with Crippen molar-refractivity contribution in [1.29, 1.82) is 0 Å². The number of hydrogen-bond acceptors (Lipinski definition) is 7. The van der Waals surface area contributed by atoms with Crippen molar-refractivity contribution in [2.24, 2.45) is 0 Å². The first-order chi connectivity index (χ1) is 11.5. The fourth-order valence-electron chi connectivity index (χ4n) is 1.87. The molecule has 2 N–H and O–H groups in total. The van der Waals surface area contributed by atoms with Crippen LogP contribution in [0.25, 0.3) is 0 Å². The molecule has 0 spiro atoms. The molecule has 7 nitrogen and oxygen atoms in total. The van der Waals surface area contributed by atoms with E-state index in [9.17, 15) is 15.0 Å². The van der Waals surface area contributed by atoms with Gasteiger partial charge in [0.2, 0.25) is 0 Å². The van der Waals surface area contributed by atoms with Crippen LogP contribution in [0.3, 0.4) is 0 Å². The smallest absolute Gasteiger partial charge is 0.174 e. The van der Waals surface area contributed by atoms with Gasteiger partial charge in [0.15, 0.2) is 29.3 Å². The van der Waals surface area contributed by atoms with Crippen molar-refractivity contribution in [2.75, 3.05) is 28.4 Å². The number of carbonyl (C=O) groups is 1. The number of rotatable bonds is 5. The zero-order valence-electron chi connectivity index (χ0n) is 13.9. The molecule has 2 rings (SSSR count). The number of aldehydes is 1. The van der Waals surface area contributed by atoms with Crippen LogP contribution in [0.4, 0.5) is 0 Å². The summed E-state index contributed by atoms with van der Waals surface area (Å²) in [5, 5.41) is 18.5. The van der Waals surface area contributed by atoms with E-state index in [1.807, 2.05) is 0 Å². The molecule has 0 heterocycles. The van der Waals surface area contributed by atoms with Crippen molar-refractivity contribution in [3.05, 3.63) is 35.9 Å². The van der Waals surface area contributed by atoms with Gasteiger partial charge in [0.1, 0.15) is 17.1 Å². The predicted molar refractivity (Wildman–Crippen MR) is 87.8 cm³/mol. The molecule has 0 fully saturated rings. The predicted octanol–water partition coefficient (Wildman–Crippen LogP) is 2.63. The van der Waals surface area contributed by atoms with Crippen molar-refractivity contribution in [2.45, 2.75) is 0 Å². The van der Waals surface area contributed by atoms with Crippen LogP contribution in [0.2, 0.25) is 0 Å². The number of methoxy groups -OCH3 is 4. The van der Waals surface area contributed by atoms with Gasteiger partial charge in [0.05, 0.1) is 28.4 Å². The topological polar surface area (TPSA) is 94.5 Å². The Morgan fingerprint density at radius 3 is 1.88 bits per heavy atom. The largest absolute Gasteiger partial charge is 0.504 e. The maximum atomic E-state index is 10.6. The first-order valence-electron chi connectivity index (χ1n) is 6.82. The summed E-state index contributed by atoms with van der Waals surface area (Å²) in [5.41, 5.74) is 0.213. The zero-order valence-corrected chi connectivity index (χ0v) is 13.9. The van der Waals surface area contributed by atoms with Gasteiger partial charge in [-0.05, 0) is 24.3 Å². The maximum absolute atomic E-state index is 10.6. The third-order valence-electron chi connectivity index (χ3n) is 3.06. The highest BCUT2D eigenvalue weighted by molar-refractivity contribution is 5.85. The number of phenols is 2.